The average molecular weight is 456 g/mol. The number of aryl methyl sites for hydroxylation is 1. The smallest absolute Gasteiger partial charge is 0.271 e. The first-order valence-electron chi connectivity index (χ1n) is 9.29. The Morgan fingerprint density at radius 3 is 2.45 bits per heavy atom. The summed E-state index contributed by atoms with van der Waals surface area (Å²) in [5.74, 6) is -0.115. The van der Waals surface area contributed by atoms with E-state index < -0.39 is 5.91 Å². The molecule has 31 heavy (non-hydrogen) atoms. The largest absolute Gasteiger partial charge is 0.484 e. The number of carbonyl (C=O) groups excluding carboxylic acids is 2. The van der Waals surface area contributed by atoms with Gasteiger partial charge in [-0.05, 0) is 66.6 Å². The number of hydrogen-bond donors (Lipinski definition) is 2. The highest BCUT2D eigenvalue weighted by molar-refractivity contribution is 6.42. The average Bonchev–Trinajstić information content (AvgIpc) is 2.76. The van der Waals surface area contributed by atoms with Crippen LogP contribution in [0.4, 0.5) is 5.69 Å². The monoisotopic (exact) mass is 455 g/mol. The van der Waals surface area contributed by atoms with E-state index in [0.717, 1.165) is 16.8 Å². The quantitative estimate of drug-likeness (QED) is 0.384. The van der Waals surface area contributed by atoms with Crippen LogP contribution >= 0.6 is 23.2 Å². The van der Waals surface area contributed by atoms with E-state index in [0.29, 0.717) is 21.4 Å². The lowest BCUT2D eigenvalue weighted by molar-refractivity contribution is -0.118. The summed E-state index contributed by atoms with van der Waals surface area (Å²) in [6.45, 7) is 1.81. The predicted molar refractivity (Wildman–Crippen MR) is 123 cm³/mol. The van der Waals surface area contributed by atoms with Crippen LogP contribution in [-0.4, -0.2) is 24.6 Å². The molecule has 0 saturated carbocycles. The molecule has 0 aromatic heterocycles. The van der Waals surface area contributed by atoms with Gasteiger partial charge in [0.05, 0.1) is 16.3 Å². The number of ether oxygens (including phenoxy) is 1. The summed E-state index contributed by atoms with van der Waals surface area (Å²) < 4.78 is 5.51. The summed E-state index contributed by atoms with van der Waals surface area (Å²) in [5.41, 5.74) is 5.24. The van der Waals surface area contributed by atoms with Crippen LogP contribution in [-0.2, 0) is 4.79 Å². The Kier molecular flexibility index (Phi) is 7.65. The zero-order valence-corrected chi connectivity index (χ0v) is 18.1. The van der Waals surface area contributed by atoms with Gasteiger partial charge in [-0.15, -0.1) is 0 Å². The van der Waals surface area contributed by atoms with Crippen molar-refractivity contribution < 1.29 is 14.3 Å². The summed E-state index contributed by atoms with van der Waals surface area (Å²) in [5, 5.41) is 7.40. The van der Waals surface area contributed by atoms with Crippen molar-refractivity contribution in [1.29, 1.82) is 0 Å². The number of carbonyl (C=O) groups is 2. The highest BCUT2D eigenvalue weighted by Gasteiger charge is 2.07. The van der Waals surface area contributed by atoms with Gasteiger partial charge in [-0.3, -0.25) is 9.59 Å². The van der Waals surface area contributed by atoms with Crippen molar-refractivity contribution in [2.75, 3.05) is 11.9 Å². The lowest BCUT2D eigenvalue weighted by atomic mass is 10.2. The molecular weight excluding hydrogens is 437 g/mol. The molecular formula is C23H19Cl2N3O3. The van der Waals surface area contributed by atoms with Crippen LogP contribution in [0.2, 0.25) is 10.0 Å². The molecule has 0 radical (unpaired) electrons. The molecule has 0 spiro atoms. The fourth-order valence-corrected chi connectivity index (χ4v) is 2.86. The first-order chi connectivity index (χ1) is 14.9. The maximum absolute atomic E-state index is 12.1. The van der Waals surface area contributed by atoms with E-state index in [1.54, 1.807) is 36.4 Å². The fraction of sp³-hybridized carbons (Fsp3) is 0.0870. The predicted octanol–water partition coefficient (Wildman–Crippen LogP) is 5.08. The topological polar surface area (TPSA) is 79.8 Å². The van der Waals surface area contributed by atoms with Crippen LogP contribution in [0, 0.1) is 6.92 Å². The molecule has 0 heterocycles. The van der Waals surface area contributed by atoms with Gasteiger partial charge in [-0.25, -0.2) is 5.43 Å². The Bertz CT molecular complexity index is 1120. The Hall–Kier alpha value is -3.35. The third-order valence-corrected chi connectivity index (χ3v) is 4.97. The van der Waals surface area contributed by atoms with Crippen molar-refractivity contribution in [2.45, 2.75) is 6.92 Å². The molecule has 3 aromatic carbocycles. The van der Waals surface area contributed by atoms with Gasteiger partial charge < -0.3 is 10.1 Å². The number of para-hydroxylation sites is 1. The highest BCUT2D eigenvalue weighted by atomic mass is 35.5. The number of halogens is 2. The van der Waals surface area contributed by atoms with Crippen LogP contribution in [0.25, 0.3) is 0 Å². The minimum atomic E-state index is -0.408. The van der Waals surface area contributed by atoms with E-state index in [2.05, 4.69) is 15.8 Å². The zero-order valence-electron chi connectivity index (χ0n) is 16.6. The lowest BCUT2D eigenvalue weighted by Crippen LogP contribution is -2.20. The number of nitrogens with one attached hydrogen (secondary N) is 2. The molecule has 0 aliphatic rings. The molecule has 0 atom stereocenters. The first kappa shape index (κ1) is 22.3. The Morgan fingerprint density at radius 1 is 1.00 bits per heavy atom. The number of anilines is 1. The minimum absolute atomic E-state index is 0.110. The number of hydrazone groups is 1. The third-order valence-electron chi connectivity index (χ3n) is 4.23. The molecule has 2 amide bonds. The second-order valence-electron chi connectivity index (χ2n) is 6.55. The van der Waals surface area contributed by atoms with E-state index >= 15 is 0 Å². The molecule has 2 N–H and O–H groups in total. The van der Waals surface area contributed by atoms with Crippen LogP contribution in [0.3, 0.4) is 0 Å². The zero-order chi connectivity index (χ0) is 22.2. The van der Waals surface area contributed by atoms with Gasteiger partial charge in [0.25, 0.3) is 11.8 Å². The number of benzene rings is 3. The summed E-state index contributed by atoms with van der Waals surface area (Å²) >= 11 is 11.7. The van der Waals surface area contributed by atoms with E-state index in [1.165, 1.54) is 12.3 Å². The number of nitrogens with zero attached hydrogens (tertiary/aromatic N) is 1. The van der Waals surface area contributed by atoms with Gasteiger partial charge in [0.1, 0.15) is 5.75 Å². The Balaban J connectivity index is 1.48. The van der Waals surface area contributed by atoms with Crippen LogP contribution in [0.15, 0.2) is 71.8 Å². The third kappa shape index (κ3) is 6.57. The van der Waals surface area contributed by atoms with Gasteiger partial charge in [-0.2, -0.15) is 5.10 Å². The molecule has 0 aliphatic carbocycles. The number of amides is 2. The highest BCUT2D eigenvalue weighted by Crippen LogP contribution is 2.22. The maximum atomic E-state index is 12.1. The van der Waals surface area contributed by atoms with E-state index in [-0.39, 0.29) is 12.5 Å². The fourth-order valence-electron chi connectivity index (χ4n) is 2.57. The van der Waals surface area contributed by atoms with Gasteiger partial charge >= 0.3 is 0 Å². The van der Waals surface area contributed by atoms with E-state index in [4.69, 9.17) is 27.9 Å². The molecule has 158 valence electrons. The van der Waals surface area contributed by atoms with Crippen molar-refractivity contribution in [1.82, 2.24) is 5.43 Å². The molecule has 0 saturated heterocycles. The number of hydrogen-bond acceptors (Lipinski definition) is 4. The molecule has 3 rings (SSSR count). The SMILES string of the molecule is Cc1ccccc1NC(=O)COc1ccc(/C=N\NC(=O)c2ccc(Cl)c(Cl)c2)cc1. The Labute approximate surface area is 189 Å². The van der Waals surface area contributed by atoms with E-state index in [9.17, 15) is 9.59 Å². The normalized spacial score (nSPS) is 10.7. The van der Waals surface area contributed by atoms with Crippen LogP contribution in [0.5, 0.6) is 5.75 Å². The summed E-state index contributed by atoms with van der Waals surface area (Å²) in [6.07, 6.45) is 1.49. The van der Waals surface area contributed by atoms with Crippen LogP contribution in [0.1, 0.15) is 21.5 Å². The van der Waals surface area contributed by atoms with Gasteiger partial charge in [0, 0.05) is 11.3 Å². The van der Waals surface area contributed by atoms with Crippen molar-refractivity contribution in [3.63, 3.8) is 0 Å². The molecule has 0 aliphatic heterocycles. The molecule has 0 unspecified atom stereocenters. The van der Waals surface area contributed by atoms with Gasteiger partial charge in [0.15, 0.2) is 6.61 Å². The summed E-state index contributed by atoms with van der Waals surface area (Å²) in [4.78, 5) is 24.1. The van der Waals surface area contributed by atoms with Gasteiger partial charge in [0.2, 0.25) is 0 Å². The van der Waals surface area contributed by atoms with Crippen LogP contribution < -0.4 is 15.5 Å². The minimum Gasteiger partial charge on any atom is -0.484 e. The first-order valence-corrected chi connectivity index (χ1v) is 10.0. The second kappa shape index (κ2) is 10.6. The summed E-state index contributed by atoms with van der Waals surface area (Å²) in [6, 6.07) is 19.0. The van der Waals surface area contributed by atoms with Crippen molar-refractivity contribution in [3.05, 3.63) is 93.5 Å². The standard InChI is InChI=1S/C23H19Cl2N3O3/c1-15-4-2-3-5-21(15)27-22(29)14-31-18-9-6-16(7-10-18)13-26-28-23(30)17-8-11-19(24)20(25)12-17/h2-13H,14H2,1H3,(H,27,29)(H,28,30)/b26-13-. The molecule has 0 fully saturated rings. The summed E-state index contributed by atoms with van der Waals surface area (Å²) in [7, 11) is 0. The molecule has 3 aromatic rings. The molecule has 6 nitrogen and oxygen atoms in total. The molecule has 0 bridgehead atoms. The van der Waals surface area contributed by atoms with Crippen molar-refractivity contribution in [2.24, 2.45) is 5.10 Å². The molecule has 8 heteroatoms. The maximum Gasteiger partial charge on any atom is 0.271 e. The second-order valence-corrected chi connectivity index (χ2v) is 7.36. The van der Waals surface area contributed by atoms with E-state index in [1.807, 2.05) is 31.2 Å². The Morgan fingerprint density at radius 2 is 1.74 bits per heavy atom. The number of rotatable bonds is 7. The van der Waals surface area contributed by atoms with Crippen molar-refractivity contribution in [3.8, 4) is 5.75 Å². The lowest BCUT2D eigenvalue weighted by Gasteiger charge is -2.09. The van der Waals surface area contributed by atoms with Crippen molar-refractivity contribution >= 4 is 46.9 Å². The van der Waals surface area contributed by atoms with Gasteiger partial charge in [-0.1, -0.05) is 41.4 Å².